The summed E-state index contributed by atoms with van der Waals surface area (Å²) in [4.78, 5) is 14.1. The number of carbonyl (C=O) groups is 1. The number of nitrogens with one attached hydrogen (secondary N) is 1. The maximum absolute atomic E-state index is 11.8. The van der Waals surface area contributed by atoms with Crippen molar-refractivity contribution in [2.24, 2.45) is 0 Å². The third-order valence-corrected chi connectivity index (χ3v) is 3.96. The van der Waals surface area contributed by atoms with Gasteiger partial charge in [0.2, 0.25) is 0 Å². The van der Waals surface area contributed by atoms with E-state index in [9.17, 15) is 4.79 Å². The van der Waals surface area contributed by atoms with Crippen molar-refractivity contribution in [3.05, 3.63) is 0 Å². The largest absolute Gasteiger partial charge is 0.468 e. The average Bonchev–Trinajstić information content (AvgIpc) is 2.62. The summed E-state index contributed by atoms with van der Waals surface area (Å²) in [5.74, 6) is 2.05. The minimum Gasteiger partial charge on any atom is -0.468 e. The first-order valence-electron chi connectivity index (χ1n) is 6.40. The van der Waals surface area contributed by atoms with Gasteiger partial charge in [-0.2, -0.15) is 11.8 Å². The van der Waals surface area contributed by atoms with Crippen LogP contribution in [0.2, 0.25) is 0 Å². The standard InChI is InChI=1S/C12H24N2O2S/c1-3-17-10-5-11(12(15)16-2)14-8-4-6-13-7-9-14/h11,13H,3-10H2,1-2H3. The second kappa shape index (κ2) is 8.78. The third kappa shape index (κ3) is 5.27. The molecule has 1 heterocycles. The van der Waals surface area contributed by atoms with Crippen LogP contribution in [0.3, 0.4) is 0 Å². The molecule has 17 heavy (non-hydrogen) atoms. The number of rotatable bonds is 6. The predicted molar refractivity (Wildman–Crippen MR) is 72.5 cm³/mol. The molecule has 4 nitrogen and oxygen atoms in total. The fraction of sp³-hybridized carbons (Fsp3) is 0.917. The van der Waals surface area contributed by atoms with Crippen LogP contribution in [0.1, 0.15) is 19.8 Å². The second-order valence-corrected chi connectivity index (χ2v) is 5.56. The van der Waals surface area contributed by atoms with E-state index in [2.05, 4.69) is 17.1 Å². The number of hydrogen-bond acceptors (Lipinski definition) is 5. The lowest BCUT2D eigenvalue weighted by Gasteiger charge is -2.28. The normalized spacial score (nSPS) is 19.6. The van der Waals surface area contributed by atoms with Crippen LogP contribution in [0.25, 0.3) is 0 Å². The lowest BCUT2D eigenvalue weighted by atomic mass is 10.2. The number of nitrogens with zero attached hydrogens (tertiary/aromatic N) is 1. The molecule has 5 heteroatoms. The first-order valence-corrected chi connectivity index (χ1v) is 7.55. The maximum Gasteiger partial charge on any atom is 0.323 e. The molecule has 0 aromatic carbocycles. The molecular weight excluding hydrogens is 236 g/mol. The smallest absolute Gasteiger partial charge is 0.323 e. The molecule has 0 spiro atoms. The fourth-order valence-corrected chi connectivity index (χ4v) is 2.78. The quantitative estimate of drug-likeness (QED) is 0.569. The van der Waals surface area contributed by atoms with Crippen LogP contribution in [0.4, 0.5) is 0 Å². The van der Waals surface area contributed by atoms with E-state index in [1.165, 1.54) is 7.11 Å². The van der Waals surface area contributed by atoms with Crippen molar-refractivity contribution < 1.29 is 9.53 Å². The molecule has 100 valence electrons. The number of carbonyl (C=O) groups excluding carboxylic acids is 1. The van der Waals surface area contributed by atoms with Gasteiger partial charge in [-0.3, -0.25) is 9.69 Å². The summed E-state index contributed by atoms with van der Waals surface area (Å²) in [7, 11) is 1.48. The SMILES string of the molecule is CCSCCC(C(=O)OC)N1CCCNCC1. The zero-order valence-electron chi connectivity index (χ0n) is 10.9. The van der Waals surface area contributed by atoms with Crippen molar-refractivity contribution in [1.82, 2.24) is 10.2 Å². The first kappa shape index (κ1) is 14.8. The molecule has 1 unspecified atom stereocenters. The Kier molecular flexibility index (Phi) is 7.64. The number of esters is 1. The Bertz CT molecular complexity index is 219. The van der Waals surface area contributed by atoms with Crippen LogP contribution < -0.4 is 5.32 Å². The lowest BCUT2D eigenvalue weighted by Crippen LogP contribution is -2.44. The van der Waals surface area contributed by atoms with Crippen molar-refractivity contribution in [1.29, 1.82) is 0 Å². The van der Waals surface area contributed by atoms with E-state index in [1.54, 1.807) is 0 Å². The Morgan fingerprint density at radius 2 is 2.29 bits per heavy atom. The maximum atomic E-state index is 11.8. The Morgan fingerprint density at radius 3 is 3.00 bits per heavy atom. The molecule has 1 aliphatic heterocycles. The number of methoxy groups -OCH3 is 1. The molecule has 1 rings (SSSR count). The zero-order valence-corrected chi connectivity index (χ0v) is 11.7. The van der Waals surface area contributed by atoms with Gasteiger partial charge in [-0.25, -0.2) is 0 Å². The van der Waals surface area contributed by atoms with Gasteiger partial charge in [0.05, 0.1) is 7.11 Å². The lowest BCUT2D eigenvalue weighted by molar-refractivity contribution is -0.147. The van der Waals surface area contributed by atoms with E-state index in [4.69, 9.17) is 4.74 Å². The van der Waals surface area contributed by atoms with Crippen LogP contribution in [-0.2, 0) is 9.53 Å². The summed E-state index contributed by atoms with van der Waals surface area (Å²) in [6.45, 7) is 6.09. The average molecular weight is 260 g/mol. The highest BCUT2D eigenvalue weighted by atomic mass is 32.2. The Hall–Kier alpha value is -0.260. The minimum atomic E-state index is -0.0800. The summed E-state index contributed by atoms with van der Waals surface area (Å²) in [5, 5.41) is 3.36. The van der Waals surface area contributed by atoms with Crippen LogP contribution in [0.5, 0.6) is 0 Å². The van der Waals surface area contributed by atoms with Crippen molar-refractivity contribution in [3.63, 3.8) is 0 Å². The van der Waals surface area contributed by atoms with Gasteiger partial charge in [0.25, 0.3) is 0 Å². The number of ether oxygens (including phenoxy) is 1. The molecule has 1 saturated heterocycles. The predicted octanol–water partition coefficient (Wildman–Crippen LogP) is 0.966. The molecule has 0 aromatic heterocycles. The molecule has 1 aliphatic rings. The molecule has 1 fully saturated rings. The fourth-order valence-electron chi connectivity index (χ4n) is 2.10. The molecule has 0 aromatic rings. The van der Waals surface area contributed by atoms with Gasteiger partial charge < -0.3 is 10.1 Å². The van der Waals surface area contributed by atoms with E-state index in [0.717, 1.165) is 50.5 Å². The highest BCUT2D eigenvalue weighted by molar-refractivity contribution is 7.99. The highest BCUT2D eigenvalue weighted by Crippen LogP contribution is 2.12. The molecule has 0 aliphatic carbocycles. The van der Waals surface area contributed by atoms with E-state index in [-0.39, 0.29) is 12.0 Å². The number of hydrogen-bond donors (Lipinski definition) is 1. The van der Waals surface area contributed by atoms with Crippen molar-refractivity contribution in [2.45, 2.75) is 25.8 Å². The Morgan fingerprint density at radius 1 is 1.47 bits per heavy atom. The van der Waals surface area contributed by atoms with Gasteiger partial charge in [-0.15, -0.1) is 0 Å². The molecule has 0 amide bonds. The molecule has 1 N–H and O–H groups in total. The molecule has 0 radical (unpaired) electrons. The van der Waals surface area contributed by atoms with Gasteiger partial charge in [0.15, 0.2) is 0 Å². The summed E-state index contributed by atoms with van der Waals surface area (Å²) in [6, 6.07) is -0.0565. The molecule has 0 bridgehead atoms. The summed E-state index contributed by atoms with van der Waals surface area (Å²) >= 11 is 1.88. The topological polar surface area (TPSA) is 41.6 Å². The third-order valence-electron chi connectivity index (χ3n) is 3.03. The van der Waals surface area contributed by atoms with Crippen molar-refractivity contribution in [3.8, 4) is 0 Å². The van der Waals surface area contributed by atoms with Gasteiger partial charge in [-0.05, 0) is 30.9 Å². The molecule has 0 saturated carbocycles. The van der Waals surface area contributed by atoms with E-state index in [0.29, 0.717) is 0 Å². The first-order chi connectivity index (χ1) is 8.29. The molecule has 1 atom stereocenters. The zero-order chi connectivity index (χ0) is 12.5. The van der Waals surface area contributed by atoms with E-state index >= 15 is 0 Å². The Balaban J connectivity index is 2.50. The van der Waals surface area contributed by atoms with Gasteiger partial charge >= 0.3 is 5.97 Å². The summed E-state index contributed by atoms with van der Waals surface area (Å²) in [5.41, 5.74) is 0. The van der Waals surface area contributed by atoms with Gasteiger partial charge in [0, 0.05) is 19.6 Å². The Labute approximate surface area is 108 Å². The molecular formula is C12H24N2O2S. The van der Waals surface area contributed by atoms with E-state index < -0.39 is 0 Å². The monoisotopic (exact) mass is 260 g/mol. The minimum absolute atomic E-state index is 0.0565. The van der Waals surface area contributed by atoms with Crippen LogP contribution in [0, 0.1) is 0 Å². The number of thioether (sulfide) groups is 1. The van der Waals surface area contributed by atoms with Crippen molar-refractivity contribution in [2.75, 3.05) is 44.8 Å². The summed E-state index contributed by atoms with van der Waals surface area (Å²) in [6.07, 6.45) is 2.00. The van der Waals surface area contributed by atoms with Gasteiger partial charge in [0.1, 0.15) is 6.04 Å². The van der Waals surface area contributed by atoms with Crippen LogP contribution in [0.15, 0.2) is 0 Å². The van der Waals surface area contributed by atoms with E-state index in [1.807, 2.05) is 11.8 Å². The summed E-state index contributed by atoms with van der Waals surface area (Å²) < 4.78 is 4.93. The van der Waals surface area contributed by atoms with Gasteiger partial charge in [-0.1, -0.05) is 6.92 Å². The second-order valence-electron chi connectivity index (χ2n) is 4.16. The highest BCUT2D eigenvalue weighted by Gasteiger charge is 2.26. The van der Waals surface area contributed by atoms with Crippen LogP contribution in [-0.4, -0.2) is 61.7 Å². The van der Waals surface area contributed by atoms with Crippen LogP contribution >= 0.6 is 11.8 Å². The van der Waals surface area contributed by atoms with Crippen molar-refractivity contribution >= 4 is 17.7 Å².